The summed E-state index contributed by atoms with van der Waals surface area (Å²) in [4.78, 5) is 4.71. The van der Waals surface area contributed by atoms with Crippen LogP contribution in [0, 0.1) is 0 Å². The fourth-order valence-corrected chi connectivity index (χ4v) is 2.39. The van der Waals surface area contributed by atoms with Crippen molar-refractivity contribution in [2.24, 2.45) is 0 Å². The quantitative estimate of drug-likeness (QED) is 0.825. The van der Waals surface area contributed by atoms with E-state index in [2.05, 4.69) is 47.8 Å². The summed E-state index contributed by atoms with van der Waals surface area (Å²) in [6.07, 6.45) is 1.16. The topological polar surface area (TPSA) is 32.3 Å². The molecule has 5 heteroatoms. The molecule has 1 atom stereocenters. The van der Waals surface area contributed by atoms with E-state index in [1.54, 1.807) is 6.07 Å². The molecule has 1 saturated heterocycles. The first-order valence-corrected chi connectivity index (χ1v) is 6.73. The van der Waals surface area contributed by atoms with Crippen molar-refractivity contribution in [1.82, 2.24) is 15.1 Å². The molecule has 0 unspecified atom stereocenters. The number of rotatable bonds is 2. The molecule has 0 amide bonds. The average Bonchev–Trinajstić information content (AvgIpc) is 2.77. The highest BCUT2D eigenvalue weighted by Gasteiger charge is 2.31. The van der Waals surface area contributed by atoms with Crippen LogP contribution in [-0.4, -0.2) is 46.8 Å². The van der Waals surface area contributed by atoms with Crippen LogP contribution in [0.4, 0.5) is 5.82 Å². The highest BCUT2D eigenvalue weighted by Crippen LogP contribution is 2.24. The molecule has 4 nitrogen and oxygen atoms in total. The first kappa shape index (κ1) is 13.6. The Labute approximate surface area is 114 Å². The second-order valence-corrected chi connectivity index (χ2v) is 6.27. The van der Waals surface area contributed by atoms with Gasteiger partial charge in [-0.2, -0.15) is 0 Å². The second-order valence-electron chi connectivity index (χ2n) is 5.88. The zero-order valence-electron chi connectivity index (χ0n) is 11.5. The maximum Gasteiger partial charge on any atom is 0.151 e. The van der Waals surface area contributed by atoms with E-state index in [9.17, 15) is 0 Å². The lowest BCUT2D eigenvalue weighted by atomic mass is 10.0. The number of hydrogen-bond acceptors (Lipinski definition) is 4. The van der Waals surface area contributed by atoms with Gasteiger partial charge in [0.1, 0.15) is 0 Å². The Hall–Kier alpha value is -0.870. The Morgan fingerprint density at radius 1 is 1.33 bits per heavy atom. The Morgan fingerprint density at radius 2 is 2.06 bits per heavy atom. The van der Waals surface area contributed by atoms with Gasteiger partial charge < -0.3 is 4.90 Å². The molecule has 0 saturated carbocycles. The number of nitrogens with zero attached hydrogens (tertiary/aromatic N) is 4. The van der Waals surface area contributed by atoms with Gasteiger partial charge in [0.25, 0.3) is 0 Å². The van der Waals surface area contributed by atoms with Gasteiger partial charge in [-0.25, -0.2) is 0 Å². The Balaban J connectivity index is 2.02. The van der Waals surface area contributed by atoms with E-state index in [0.717, 1.165) is 25.3 Å². The van der Waals surface area contributed by atoms with Gasteiger partial charge in [0, 0.05) is 24.7 Å². The standard InChI is InChI=1S/C13H21ClN4/c1-13(2,3)17(4)10-7-8-18(9-10)12-6-5-11(14)15-16-12/h5-6,10H,7-9H2,1-4H3/t10-/m0/s1. The predicted molar refractivity (Wildman–Crippen MR) is 75.2 cm³/mol. The van der Waals surface area contributed by atoms with Crippen LogP contribution < -0.4 is 4.90 Å². The first-order chi connectivity index (χ1) is 8.38. The molecule has 1 aromatic rings. The number of aromatic nitrogens is 2. The van der Waals surface area contributed by atoms with Crippen LogP contribution in [0.2, 0.25) is 5.15 Å². The van der Waals surface area contributed by atoms with Gasteiger partial charge in [0.15, 0.2) is 11.0 Å². The molecule has 0 spiro atoms. The van der Waals surface area contributed by atoms with Crippen molar-refractivity contribution in [3.8, 4) is 0 Å². The second kappa shape index (κ2) is 5.02. The van der Waals surface area contributed by atoms with E-state index in [1.165, 1.54) is 0 Å². The molecule has 1 aliphatic heterocycles. The Morgan fingerprint density at radius 3 is 2.61 bits per heavy atom. The van der Waals surface area contributed by atoms with Crippen LogP contribution in [0.1, 0.15) is 27.2 Å². The smallest absolute Gasteiger partial charge is 0.151 e. The van der Waals surface area contributed by atoms with Crippen molar-refractivity contribution in [3.05, 3.63) is 17.3 Å². The zero-order valence-corrected chi connectivity index (χ0v) is 12.3. The molecule has 0 radical (unpaired) electrons. The first-order valence-electron chi connectivity index (χ1n) is 6.35. The lowest BCUT2D eigenvalue weighted by molar-refractivity contribution is 0.127. The number of anilines is 1. The molecule has 18 heavy (non-hydrogen) atoms. The molecule has 2 heterocycles. The molecule has 1 fully saturated rings. The minimum absolute atomic E-state index is 0.201. The molecule has 2 rings (SSSR count). The molecule has 0 bridgehead atoms. The molecule has 1 aliphatic rings. The number of likely N-dealkylation sites (N-methyl/N-ethyl adjacent to an activating group) is 1. The van der Waals surface area contributed by atoms with Crippen molar-refractivity contribution in [3.63, 3.8) is 0 Å². The molecular weight excluding hydrogens is 248 g/mol. The third-order valence-corrected chi connectivity index (χ3v) is 3.91. The fraction of sp³-hybridized carbons (Fsp3) is 0.692. The van der Waals surface area contributed by atoms with Gasteiger partial charge in [-0.15, -0.1) is 10.2 Å². The highest BCUT2D eigenvalue weighted by molar-refractivity contribution is 6.29. The van der Waals surface area contributed by atoms with E-state index >= 15 is 0 Å². The monoisotopic (exact) mass is 268 g/mol. The van der Waals surface area contributed by atoms with Crippen LogP contribution in [-0.2, 0) is 0 Å². The summed E-state index contributed by atoms with van der Waals surface area (Å²) < 4.78 is 0. The van der Waals surface area contributed by atoms with Gasteiger partial charge in [0.05, 0.1) is 0 Å². The lowest BCUT2D eigenvalue weighted by Crippen LogP contribution is -2.46. The molecule has 0 N–H and O–H groups in total. The van der Waals surface area contributed by atoms with Gasteiger partial charge in [-0.3, -0.25) is 4.90 Å². The zero-order chi connectivity index (χ0) is 13.3. The minimum atomic E-state index is 0.201. The van der Waals surface area contributed by atoms with Crippen molar-refractivity contribution < 1.29 is 0 Å². The van der Waals surface area contributed by atoms with E-state index in [4.69, 9.17) is 11.6 Å². The maximum absolute atomic E-state index is 5.76. The van der Waals surface area contributed by atoms with Crippen LogP contribution >= 0.6 is 11.6 Å². The Bertz CT molecular complexity index is 398. The van der Waals surface area contributed by atoms with Gasteiger partial charge in [-0.1, -0.05) is 11.6 Å². The summed E-state index contributed by atoms with van der Waals surface area (Å²) >= 11 is 5.76. The van der Waals surface area contributed by atoms with Gasteiger partial charge in [-0.05, 0) is 46.4 Å². The van der Waals surface area contributed by atoms with Crippen molar-refractivity contribution in [2.75, 3.05) is 25.0 Å². The number of hydrogen-bond donors (Lipinski definition) is 0. The van der Waals surface area contributed by atoms with E-state index in [-0.39, 0.29) is 5.54 Å². The molecular formula is C13H21ClN4. The summed E-state index contributed by atoms with van der Waals surface area (Å²) in [5.41, 5.74) is 0.201. The van der Waals surface area contributed by atoms with Crippen LogP contribution in [0.3, 0.4) is 0 Å². The summed E-state index contributed by atoms with van der Waals surface area (Å²) in [5, 5.41) is 8.49. The van der Waals surface area contributed by atoms with E-state index in [1.807, 2.05) is 6.07 Å². The third-order valence-electron chi connectivity index (χ3n) is 3.71. The van der Waals surface area contributed by atoms with Crippen molar-refractivity contribution in [1.29, 1.82) is 0 Å². The third kappa shape index (κ3) is 2.93. The van der Waals surface area contributed by atoms with Crippen molar-refractivity contribution >= 4 is 17.4 Å². The molecule has 0 aliphatic carbocycles. The Kier molecular flexibility index (Phi) is 3.78. The van der Waals surface area contributed by atoms with Gasteiger partial charge >= 0.3 is 0 Å². The summed E-state index contributed by atoms with van der Waals surface area (Å²) in [7, 11) is 2.20. The van der Waals surface area contributed by atoms with Crippen LogP contribution in [0.15, 0.2) is 12.1 Å². The fourth-order valence-electron chi connectivity index (χ4n) is 2.29. The summed E-state index contributed by atoms with van der Waals surface area (Å²) in [6, 6.07) is 4.31. The summed E-state index contributed by atoms with van der Waals surface area (Å²) in [6.45, 7) is 8.78. The largest absolute Gasteiger partial charge is 0.353 e. The predicted octanol–water partition coefficient (Wildman–Crippen LogP) is 2.44. The normalized spacial score (nSPS) is 20.8. The van der Waals surface area contributed by atoms with Crippen LogP contribution in [0.5, 0.6) is 0 Å². The summed E-state index contributed by atoms with van der Waals surface area (Å²) in [5.74, 6) is 0.921. The minimum Gasteiger partial charge on any atom is -0.353 e. The van der Waals surface area contributed by atoms with Gasteiger partial charge in [0.2, 0.25) is 0 Å². The SMILES string of the molecule is CN([C@H]1CCN(c2ccc(Cl)nn2)C1)C(C)(C)C. The molecule has 0 aromatic carbocycles. The number of halogens is 1. The lowest BCUT2D eigenvalue weighted by Gasteiger charge is -2.36. The van der Waals surface area contributed by atoms with E-state index < -0.39 is 0 Å². The molecule has 1 aromatic heterocycles. The molecule has 100 valence electrons. The highest BCUT2D eigenvalue weighted by atomic mass is 35.5. The van der Waals surface area contributed by atoms with Crippen molar-refractivity contribution in [2.45, 2.75) is 38.8 Å². The maximum atomic E-state index is 5.76. The van der Waals surface area contributed by atoms with Crippen LogP contribution in [0.25, 0.3) is 0 Å². The average molecular weight is 269 g/mol. The van der Waals surface area contributed by atoms with E-state index in [0.29, 0.717) is 11.2 Å².